The molecule has 110 valence electrons. The van der Waals surface area contributed by atoms with Gasteiger partial charge in [-0.15, -0.1) is 0 Å². The number of hydrogen-bond donors (Lipinski definition) is 1. The summed E-state index contributed by atoms with van der Waals surface area (Å²) in [6.45, 7) is 0.863. The van der Waals surface area contributed by atoms with Crippen LogP contribution in [0.4, 0.5) is 4.39 Å². The lowest BCUT2D eigenvalue weighted by Gasteiger charge is -2.21. The first-order chi connectivity index (χ1) is 10.3. The number of likely N-dealkylation sites (N-methyl/N-ethyl adjacent to an activating group) is 1. The van der Waals surface area contributed by atoms with Gasteiger partial charge in [-0.2, -0.15) is 0 Å². The molecule has 2 atom stereocenters. The predicted molar refractivity (Wildman–Crippen MR) is 82.2 cm³/mol. The van der Waals surface area contributed by atoms with Gasteiger partial charge >= 0.3 is 0 Å². The molecule has 1 heterocycles. The summed E-state index contributed by atoms with van der Waals surface area (Å²) in [6.07, 6.45) is 2.09. The van der Waals surface area contributed by atoms with Crippen molar-refractivity contribution in [3.63, 3.8) is 0 Å². The summed E-state index contributed by atoms with van der Waals surface area (Å²) in [5, 5.41) is 3.23. The van der Waals surface area contributed by atoms with E-state index in [-0.39, 0.29) is 11.9 Å². The van der Waals surface area contributed by atoms with Gasteiger partial charge in [0.15, 0.2) is 0 Å². The molecular weight excluding hydrogens is 265 g/mol. The molecule has 3 rings (SSSR count). The maximum atomic E-state index is 13.1. The summed E-state index contributed by atoms with van der Waals surface area (Å²) in [4.78, 5) is 0. The van der Waals surface area contributed by atoms with Gasteiger partial charge in [0, 0.05) is 13.0 Å². The smallest absolute Gasteiger partial charge is 0.123 e. The molecule has 1 N–H and O–H groups in total. The molecule has 0 radical (unpaired) electrons. The molecule has 2 aromatic rings. The van der Waals surface area contributed by atoms with E-state index in [1.54, 1.807) is 0 Å². The van der Waals surface area contributed by atoms with Crippen molar-refractivity contribution in [1.29, 1.82) is 0 Å². The molecule has 3 heteroatoms. The molecule has 0 fully saturated rings. The molecule has 0 bridgehead atoms. The molecule has 21 heavy (non-hydrogen) atoms. The molecule has 0 aliphatic carbocycles. The number of hydrogen-bond acceptors (Lipinski definition) is 2. The van der Waals surface area contributed by atoms with Crippen molar-refractivity contribution >= 4 is 0 Å². The Morgan fingerprint density at radius 3 is 2.67 bits per heavy atom. The average molecular weight is 285 g/mol. The molecule has 2 unspecified atom stereocenters. The third-order valence-electron chi connectivity index (χ3n) is 4.05. The molecule has 0 spiro atoms. The second-order valence-corrected chi connectivity index (χ2v) is 5.59. The van der Waals surface area contributed by atoms with Crippen LogP contribution in [0.1, 0.15) is 23.5 Å². The molecule has 0 aromatic heterocycles. The van der Waals surface area contributed by atoms with E-state index in [9.17, 15) is 4.39 Å². The van der Waals surface area contributed by atoms with E-state index in [1.165, 1.54) is 17.7 Å². The molecule has 1 aliphatic heterocycles. The van der Waals surface area contributed by atoms with Crippen molar-refractivity contribution in [2.75, 3.05) is 13.6 Å². The van der Waals surface area contributed by atoms with Gasteiger partial charge in [0.25, 0.3) is 0 Å². The number of nitrogens with one attached hydrogen (secondary N) is 1. The molecule has 2 nitrogen and oxygen atoms in total. The Morgan fingerprint density at radius 2 is 1.95 bits per heavy atom. The van der Waals surface area contributed by atoms with Crippen LogP contribution in [0, 0.1) is 5.82 Å². The van der Waals surface area contributed by atoms with Crippen LogP contribution < -0.4 is 10.1 Å². The van der Waals surface area contributed by atoms with Crippen molar-refractivity contribution in [3.05, 3.63) is 65.5 Å². The molecule has 0 amide bonds. The van der Waals surface area contributed by atoms with Crippen LogP contribution >= 0.6 is 0 Å². The zero-order chi connectivity index (χ0) is 14.7. The van der Waals surface area contributed by atoms with Gasteiger partial charge < -0.3 is 10.1 Å². The average Bonchev–Trinajstić information content (AvgIpc) is 2.90. The van der Waals surface area contributed by atoms with E-state index < -0.39 is 0 Å². The third-order valence-corrected chi connectivity index (χ3v) is 4.05. The van der Waals surface area contributed by atoms with Crippen LogP contribution in [-0.4, -0.2) is 19.7 Å². The van der Waals surface area contributed by atoms with Gasteiger partial charge in [-0.3, -0.25) is 0 Å². The van der Waals surface area contributed by atoms with E-state index in [0.29, 0.717) is 5.92 Å². The Kier molecular flexibility index (Phi) is 4.20. The Labute approximate surface area is 125 Å². The van der Waals surface area contributed by atoms with Crippen LogP contribution in [0.15, 0.2) is 48.5 Å². The van der Waals surface area contributed by atoms with E-state index in [2.05, 4.69) is 17.4 Å². The van der Waals surface area contributed by atoms with Crippen molar-refractivity contribution in [1.82, 2.24) is 5.32 Å². The van der Waals surface area contributed by atoms with Crippen molar-refractivity contribution < 1.29 is 9.13 Å². The number of benzene rings is 2. The Hall–Kier alpha value is -1.87. The van der Waals surface area contributed by atoms with Crippen molar-refractivity contribution in [2.24, 2.45) is 0 Å². The van der Waals surface area contributed by atoms with Crippen molar-refractivity contribution in [3.8, 4) is 5.75 Å². The van der Waals surface area contributed by atoms with Gasteiger partial charge in [0.1, 0.15) is 17.7 Å². The monoisotopic (exact) mass is 285 g/mol. The first-order valence-corrected chi connectivity index (χ1v) is 7.41. The minimum atomic E-state index is -0.188. The second-order valence-electron chi connectivity index (χ2n) is 5.59. The highest BCUT2D eigenvalue weighted by Gasteiger charge is 2.26. The van der Waals surface area contributed by atoms with Crippen LogP contribution in [0.5, 0.6) is 5.75 Å². The largest absolute Gasteiger partial charge is 0.490 e. The maximum absolute atomic E-state index is 13.1. The summed E-state index contributed by atoms with van der Waals surface area (Å²) in [5.41, 5.74) is 2.44. The topological polar surface area (TPSA) is 21.3 Å². The molecule has 2 aromatic carbocycles. The highest BCUT2D eigenvalue weighted by molar-refractivity contribution is 5.37. The minimum Gasteiger partial charge on any atom is -0.490 e. The summed E-state index contributed by atoms with van der Waals surface area (Å²) in [7, 11) is 1.95. The molecule has 0 saturated carbocycles. The summed E-state index contributed by atoms with van der Waals surface area (Å²) in [6, 6.07) is 15.0. The fourth-order valence-corrected chi connectivity index (χ4v) is 3.02. The lowest BCUT2D eigenvalue weighted by Crippen LogP contribution is -2.24. The Bertz CT molecular complexity index is 571. The summed E-state index contributed by atoms with van der Waals surface area (Å²) < 4.78 is 19.1. The first kappa shape index (κ1) is 14.1. The van der Waals surface area contributed by atoms with Crippen LogP contribution in [0.2, 0.25) is 0 Å². The fourth-order valence-electron chi connectivity index (χ4n) is 3.02. The SMILES string of the molecule is CNCC(CC1Cc2ccccc2O1)c1ccc(F)cc1. The highest BCUT2D eigenvalue weighted by atomic mass is 19.1. The molecular formula is C18H20FNO. The summed E-state index contributed by atoms with van der Waals surface area (Å²) in [5.74, 6) is 1.14. The van der Waals surface area contributed by atoms with Crippen molar-refractivity contribution in [2.45, 2.75) is 24.9 Å². The lowest BCUT2D eigenvalue weighted by molar-refractivity contribution is 0.209. The number of rotatable bonds is 5. The predicted octanol–water partition coefficient (Wildman–Crippen LogP) is 3.52. The number of ether oxygens (including phenoxy) is 1. The van der Waals surface area contributed by atoms with E-state index in [4.69, 9.17) is 4.74 Å². The Balaban J connectivity index is 1.70. The second kappa shape index (κ2) is 6.27. The van der Waals surface area contributed by atoms with E-state index in [0.717, 1.165) is 30.7 Å². The van der Waals surface area contributed by atoms with Gasteiger partial charge in [-0.25, -0.2) is 4.39 Å². The maximum Gasteiger partial charge on any atom is 0.123 e. The normalized spacial score (nSPS) is 18.1. The quantitative estimate of drug-likeness (QED) is 0.907. The standard InChI is InChI=1S/C18H20FNO/c1-20-12-15(13-6-8-16(19)9-7-13)11-17-10-14-4-2-3-5-18(14)21-17/h2-9,15,17,20H,10-12H2,1H3. The van der Waals surface area contributed by atoms with Gasteiger partial charge in [0.2, 0.25) is 0 Å². The van der Waals surface area contributed by atoms with Crippen LogP contribution in [-0.2, 0) is 6.42 Å². The number of fused-ring (bicyclic) bond motifs is 1. The number of halogens is 1. The summed E-state index contributed by atoms with van der Waals surface area (Å²) >= 11 is 0. The van der Waals surface area contributed by atoms with Crippen LogP contribution in [0.25, 0.3) is 0 Å². The van der Waals surface area contributed by atoms with E-state index >= 15 is 0 Å². The van der Waals surface area contributed by atoms with Crippen LogP contribution in [0.3, 0.4) is 0 Å². The Morgan fingerprint density at radius 1 is 1.19 bits per heavy atom. The van der Waals surface area contributed by atoms with Gasteiger partial charge in [-0.05, 0) is 48.7 Å². The number of para-hydroxylation sites is 1. The first-order valence-electron chi connectivity index (χ1n) is 7.41. The fraction of sp³-hybridized carbons (Fsp3) is 0.333. The zero-order valence-electron chi connectivity index (χ0n) is 12.2. The van der Waals surface area contributed by atoms with Gasteiger partial charge in [-0.1, -0.05) is 30.3 Å². The zero-order valence-corrected chi connectivity index (χ0v) is 12.2. The molecule has 0 saturated heterocycles. The van der Waals surface area contributed by atoms with E-state index in [1.807, 2.05) is 31.3 Å². The van der Waals surface area contributed by atoms with Gasteiger partial charge in [0.05, 0.1) is 0 Å². The highest BCUT2D eigenvalue weighted by Crippen LogP contribution is 2.33. The minimum absolute atomic E-state index is 0.188. The third kappa shape index (κ3) is 3.24. The lowest BCUT2D eigenvalue weighted by atomic mass is 9.91. The molecule has 1 aliphatic rings.